The summed E-state index contributed by atoms with van der Waals surface area (Å²) in [5.41, 5.74) is 0. The van der Waals surface area contributed by atoms with Crippen molar-refractivity contribution in [3.8, 4) is 0 Å². The molecule has 0 aromatic heterocycles. The van der Waals surface area contributed by atoms with Gasteiger partial charge in [0.25, 0.3) is 0 Å². The summed E-state index contributed by atoms with van der Waals surface area (Å²) in [7, 11) is 0. The molecule has 1 aliphatic rings. The lowest BCUT2D eigenvalue weighted by molar-refractivity contribution is -0.139. The number of carboxylic acids is 1. The van der Waals surface area contributed by atoms with E-state index in [4.69, 9.17) is 5.11 Å². The molecule has 2 atom stereocenters. The first-order chi connectivity index (χ1) is 8.63. The highest BCUT2D eigenvalue weighted by Crippen LogP contribution is 2.10. The van der Waals surface area contributed by atoms with Crippen LogP contribution in [0.1, 0.15) is 25.7 Å². The molecule has 5 nitrogen and oxygen atoms in total. The molecule has 0 heterocycles. The number of aliphatic carboxylic acids is 1. The molecule has 0 saturated heterocycles. The van der Waals surface area contributed by atoms with Gasteiger partial charge in [-0.2, -0.15) is 11.8 Å². The van der Waals surface area contributed by atoms with E-state index in [2.05, 4.69) is 16.7 Å². The Morgan fingerprint density at radius 3 is 2.83 bits per heavy atom. The Bertz CT molecular complexity index is 320. The van der Waals surface area contributed by atoms with Crippen molar-refractivity contribution in [2.45, 2.75) is 37.8 Å². The predicted octanol–water partition coefficient (Wildman–Crippen LogP) is 1.60. The Morgan fingerprint density at radius 1 is 1.50 bits per heavy atom. The quantitative estimate of drug-likeness (QED) is 0.642. The SMILES string of the molecule is CSCC[C@@H](NC(=O)NC1CC=CCC1)C(=O)O. The first-order valence-corrected chi connectivity index (χ1v) is 7.46. The molecule has 0 aromatic rings. The second-order valence-corrected chi connectivity index (χ2v) is 5.26. The van der Waals surface area contributed by atoms with Crippen LogP contribution in [-0.4, -0.2) is 41.2 Å². The van der Waals surface area contributed by atoms with Crippen molar-refractivity contribution in [2.75, 3.05) is 12.0 Å². The van der Waals surface area contributed by atoms with E-state index >= 15 is 0 Å². The Kier molecular flexibility index (Phi) is 6.64. The fourth-order valence-corrected chi connectivity index (χ4v) is 2.27. The average molecular weight is 272 g/mol. The van der Waals surface area contributed by atoms with Crippen molar-refractivity contribution >= 4 is 23.8 Å². The van der Waals surface area contributed by atoms with Gasteiger partial charge < -0.3 is 15.7 Å². The smallest absolute Gasteiger partial charge is 0.326 e. The number of allylic oxidation sites excluding steroid dienone is 1. The van der Waals surface area contributed by atoms with Crippen LogP contribution >= 0.6 is 11.8 Å². The number of hydrogen-bond donors (Lipinski definition) is 3. The van der Waals surface area contributed by atoms with E-state index in [1.54, 1.807) is 11.8 Å². The van der Waals surface area contributed by atoms with Crippen LogP contribution in [0.5, 0.6) is 0 Å². The van der Waals surface area contributed by atoms with E-state index < -0.39 is 12.0 Å². The number of carboxylic acid groups (broad SMARTS) is 1. The number of hydrogen-bond acceptors (Lipinski definition) is 3. The molecule has 0 spiro atoms. The molecule has 0 bridgehead atoms. The van der Waals surface area contributed by atoms with E-state index in [9.17, 15) is 9.59 Å². The van der Waals surface area contributed by atoms with E-state index in [0.717, 1.165) is 19.3 Å². The monoisotopic (exact) mass is 272 g/mol. The summed E-state index contributed by atoms with van der Waals surface area (Å²) in [4.78, 5) is 22.6. The topological polar surface area (TPSA) is 78.4 Å². The molecule has 2 amide bonds. The van der Waals surface area contributed by atoms with Crippen molar-refractivity contribution in [1.29, 1.82) is 0 Å². The van der Waals surface area contributed by atoms with E-state index in [1.165, 1.54) is 0 Å². The molecule has 18 heavy (non-hydrogen) atoms. The number of carbonyl (C=O) groups excluding carboxylic acids is 1. The van der Waals surface area contributed by atoms with Crippen LogP contribution in [0.15, 0.2) is 12.2 Å². The summed E-state index contributed by atoms with van der Waals surface area (Å²) in [5, 5.41) is 14.3. The summed E-state index contributed by atoms with van der Waals surface area (Å²) >= 11 is 1.57. The van der Waals surface area contributed by atoms with Crippen LogP contribution in [0.3, 0.4) is 0 Å². The number of nitrogens with one attached hydrogen (secondary N) is 2. The number of carbonyl (C=O) groups is 2. The van der Waals surface area contributed by atoms with Crippen molar-refractivity contribution in [3.63, 3.8) is 0 Å². The normalized spacial score (nSPS) is 20.2. The van der Waals surface area contributed by atoms with Gasteiger partial charge in [0, 0.05) is 6.04 Å². The fourth-order valence-electron chi connectivity index (χ4n) is 1.80. The van der Waals surface area contributed by atoms with Crippen molar-refractivity contribution in [2.24, 2.45) is 0 Å². The van der Waals surface area contributed by atoms with Gasteiger partial charge in [-0.05, 0) is 37.7 Å². The lowest BCUT2D eigenvalue weighted by Gasteiger charge is -2.21. The highest BCUT2D eigenvalue weighted by atomic mass is 32.2. The molecule has 3 N–H and O–H groups in total. The Hall–Kier alpha value is -1.17. The number of amides is 2. The summed E-state index contributed by atoms with van der Waals surface area (Å²) in [6, 6.07) is -1.08. The van der Waals surface area contributed by atoms with Gasteiger partial charge in [-0.15, -0.1) is 0 Å². The number of urea groups is 1. The number of thioether (sulfide) groups is 1. The largest absolute Gasteiger partial charge is 0.480 e. The van der Waals surface area contributed by atoms with Crippen molar-refractivity contribution in [3.05, 3.63) is 12.2 Å². The summed E-state index contributed by atoms with van der Waals surface area (Å²) < 4.78 is 0. The van der Waals surface area contributed by atoms with Gasteiger partial charge in [0.15, 0.2) is 0 Å². The molecule has 0 saturated carbocycles. The predicted molar refractivity (Wildman–Crippen MR) is 72.9 cm³/mol. The molecular formula is C12H20N2O3S. The maximum atomic E-state index is 11.7. The Labute approximate surface area is 111 Å². The molecule has 1 unspecified atom stereocenters. The third-order valence-electron chi connectivity index (χ3n) is 2.82. The maximum Gasteiger partial charge on any atom is 0.326 e. The molecule has 1 rings (SSSR count). The van der Waals surface area contributed by atoms with Crippen LogP contribution in [0.4, 0.5) is 4.79 Å². The van der Waals surface area contributed by atoms with Crippen LogP contribution in [0.2, 0.25) is 0 Å². The standard InChI is InChI=1S/C12H20N2O3S/c1-18-8-7-10(11(15)16)14-12(17)13-9-5-3-2-4-6-9/h2-3,9-10H,4-8H2,1H3,(H,15,16)(H2,13,14,17)/t9?,10-/m1/s1. The van der Waals surface area contributed by atoms with Crippen molar-refractivity contribution in [1.82, 2.24) is 10.6 Å². The third-order valence-corrected chi connectivity index (χ3v) is 3.46. The van der Waals surface area contributed by atoms with Crippen molar-refractivity contribution < 1.29 is 14.7 Å². The molecular weight excluding hydrogens is 252 g/mol. The average Bonchev–Trinajstić information content (AvgIpc) is 2.35. The highest BCUT2D eigenvalue weighted by molar-refractivity contribution is 7.98. The zero-order valence-electron chi connectivity index (χ0n) is 10.5. The van der Waals surface area contributed by atoms with Gasteiger partial charge in [0.05, 0.1) is 0 Å². The molecule has 1 aliphatic carbocycles. The summed E-state index contributed by atoms with van der Waals surface area (Å²) in [5.74, 6) is -0.272. The molecule has 0 radical (unpaired) electrons. The molecule has 0 fully saturated rings. The molecule has 0 aliphatic heterocycles. The Morgan fingerprint density at radius 2 is 2.28 bits per heavy atom. The highest BCUT2D eigenvalue weighted by Gasteiger charge is 2.20. The first-order valence-electron chi connectivity index (χ1n) is 6.07. The van der Waals surface area contributed by atoms with E-state index in [0.29, 0.717) is 12.2 Å². The zero-order chi connectivity index (χ0) is 13.4. The lowest BCUT2D eigenvalue weighted by atomic mass is 10.0. The second-order valence-electron chi connectivity index (χ2n) is 4.27. The van der Waals surface area contributed by atoms with Gasteiger partial charge in [0.2, 0.25) is 0 Å². The van der Waals surface area contributed by atoms with Crippen LogP contribution in [0.25, 0.3) is 0 Å². The van der Waals surface area contributed by atoms with E-state index in [-0.39, 0.29) is 12.1 Å². The van der Waals surface area contributed by atoms with Crippen LogP contribution in [0, 0.1) is 0 Å². The van der Waals surface area contributed by atoms with Gasteiger partial charge in [0.1, 0.15) is 6.04 Å². The summed E-state index contributed by atoms with van der Waals surface area (Å²) in [6.45, 7) is 0. The number of rotatable bonds is 6. The van der Waals surface area contributed by atoms with Gasteiger partial charge in [-0.1, -0.05) is 12.2 Å². The second kappa shape index (κ2) is 8.02. The zero-order valence-corrected chi connectivity index (χ0v) is 11.3. The molecule has 0 aromatic carbocycles. The minimum atomic E-state index is -0.984. The molecule has 102 valence electrons. The van der Waals surface area contributed by atoms with Crippen LogP contribution in [-0.2, 0) is 4.79 Å². The van der Waals surface area contributed by atoms with Gasteiger partial charge in [-0.25, -0.2) is 9.59 Å². The first kappa shape index (κ1) is 14.9. The summed E-state index contributed by atoms with van der Waals surface area (Å²) in [6.07, 6.45) is 9.16. The maximum absolute atomic E-state index is 11.7. The molecule has 6 heteroatoms. The van der Waals surface area contributed by atoms with Gasteiger partial charge >= 0.3 is 12.0 Å². The fraction of sp³-hybridized carbons (Fsp3) is 0.667. The Balaban J connectivity index is 2.35. The lowest BCUT2D eigenvalue weighted by Crippen LogP contribution is -2.49. The van der Waals surface area contributed by atoms with E-state index in [1.807, 2.05) is 12.3 Å². The van der Waals surface area contributed by atoms with Gasteiger partial charge in [-0.3, -0.25) is 0 Å². The minimum absolute atomic E-state index is 0.116. The van der Waals surface area contributed by atoms with Crippen LogP contribution < -0.4 is 10.6 Å². The minimum Gasteiger partial charge on any atom is -0.480 e. The third kappa shape index (κ3) is 5.44.